The van der Waals surface area contributed by atoms with Gasteiger partial charge in [-0.15, -0.1) is 0 Å². The molecule has 4 rings (SSSR count). The Hall–Kier alpha value is -4.17. The highest BCUT2D eigenvalue weighted by Crippen LogP contribution is 2.44. The van der Waals surface area contributed by atoms with Crippen molar-refractivity contribution in [3.8, 4) is 23.0 Å². The van der Waals surface area contributed by atoms with Crippen molar-refractivity contribution >= 4 is 29.4 Å². The lowest BCUT2D eigenvalue weighted by atomic mass is 9.98. The molecule has 0 saturated carbocycles. The first kappa shape index (κ1) is 26.9. The van der Waals surface area contributed by atoms with Gasteiger partial charge in [-0.2, -0.15) is 0 Å². The smallest absolute Gasteiger partial charge is 0.192 e. The molecule has 0 radical (unpaired) electrons. The van der Waals surface area contributed by atoms with Gasteiger partial charge in [0.25, 0.3) is 0 Å². The molecule has 0 bridgehead atoms. The summed E-state index contributed by atoms with van der Waals surface area (Å²) in [5.74, 6) is -0.0309. The van der Waals surface area contributed by atoms with E-state index in [2.05, 4.69) is 5.32 Å². The van der Waals surface area contributed by atoms with E-state index in [-0.39, 0.29) is 34.5 Å². The summed E-state index contributed by atoms with van der Waals surface area (Å²) in [5, 5.41) is 23.4. The van der Waals surface area contributed by atoms with Gasteiger partial charge in [0.1, 0.15) is 0 Å². The molecule has 0 aliphatic carbocycles. The third-order valence-electron chi connectivity index (χ3n) is 6.13. The van der Waals surface area contributed by atoms with E-state index in [0.717, 1.165) is 17.5 Å². The molecule has 0 aromatic heterocycles. The summed E-state index contributed by atoms with van der Waals surface area (Å²) in [6.07, 6.45) is 3.81. The Balaban J connectivity index is 1.61. The Morgan fingerprint density at radius 2 is 1.68 bits per heavy atom. The van der Waals surface area contributed by atoms with Crippen LogP contribution in [-0.4, -0.2) is 42.5 Å². The van der Waals surface area contributed by atoms with Crippen molar-refractivity contribution in [2.24, 2.45) is 0 Å². The third-order valence-corrected chi connectivity index (χ3v) is 7.44. The average molecular weight is 532 g/mol. The number of rotatable bonds is 10. The summed E-state index contributed by atoms with van der Waals surface area (Å²) in [6.45, 7) is 0.543. The van der Waals surface area contributed by atoms with Gasteiger partial charge >= 0.3 is 0 Å². The summed E-state index contributed by atoms with van der Waals surface area (Å²) in [4.78, 5) is 26.6. The van der Waals surface area contributed by atoms with Gasteiger partial charge in [0, 0.05) is 18.2 Å². The summed E-state index contributed by atoms with van der Waals surface area (Å²) in [6, 6.07) is 19.7. The third kappa shape index (κ3) is 6.39. The Morgan fingerprint density at radius 3 is 2.39 bits per heavy atom. The van der Waals surface area contributed by atoms with Crippen LogP contribution in [0.25, 0.3) is 6.08 Å². The van der Waals surface area contributed by atoms with Crippen molar-refractivity contribution in [2.45, 2.75) is 18.1 Å². The molecule has 1 aliphatic rings. The summed E-state index contributed by atoms with van der Waals surface area (Å²) < 4.78 is 10.4. The molecule has 8 heteroatoms. The summed E-state index contributed by atoms with van der Waals surface area (Å²) in [5.41, 5.74) is 2.73. The molecular formula is C30H29NO6S. The van der Waals surface area contributed by atoms with Crippen molar-refractivity contribution in [1.29, 1.82) is 0 Å². The Labute approximate surface area is 225 Å². The number of phenolic OH excluding ortho intramolecular Hbond substituents is 2. The number of allylic oxidation sites excluding steroid dienone is 2. The number of ketones is 2. The van der Waals surface area contributed by atoms with Gasteiger partial charge in [-0.3, -0.25) is 9.59 Å². The van der Waals surface area contributed by atoms with Gasteiger partial charge in [-0.25, -0.2) is 0 Å². The van der Waals surface area contributed by atoms with Crippen LogP contribution in [0, 0.1) is 0 Å². The van der Waals surface area contributed by atoms with Crippen LogP contribution in [0.2, 0.25) is 0 Å². The normalized spacial score (nSPS) is 15.5. The zero-order valence-corrected chi connectivity index (χ0v) is 22.0. The highest BCUT2D eigenvalue weighted by Gasteiger charge is 2.32. The number of nitrogens with one attached hydrogen (secondary N) is 1. The second-order valence-electron chi connectivity index (χ2n) is 8.66. The van der Waals surface area contributed by atoms with Crippen molar-refractivity contribution < 1.29 is 29.3 Å². The molecule has 1 unspecified atom stereocenters. The van der Waals surface area contributed by atoms with Gasteiger partial charge in [0.2, 0.25) is 0 Å². The summed E-state index contributed by atoms with van der Waals surface area (Å²) >= 11 is 1.42. The molecule has 0 spiro atoms. The Morgan fingerprint density at radius 1 is 1.00 bits per heavy atom. The van der Waals surface area contributed by atoms with Crippen LogP contribution in [0.3, 0.4) is 0 Å². The van der Waals surface area contributed by atoms with E-state index in [4.69, 9.17) is 9.47 Å². The molecule has 0 amide bonds. The molecule has 1 atom stereocenters. The number of phenols is 2. The van der Waals surface area contributed by atoms with Crippen molar-refractivity contribution in [3.05, 3.63) is 100 Å². The Bertz CT molecular complexity index is 1380. The number of ether oxygens (including phenoxy) is 2. The fourth-order valence-electron chi connectivity index (χ4n) is 4.12. The number of benzene rings is 3. The second-order valence-corrected chi connectivity index (χ2v) is 9.87. The number of Topliss-reactive ketones (excluding diaryl/α,β-unsaturated/α-hetero) is 1. The lowest BCUT2D eigenvalue weighted by molar-refractivity contribution is -0.119. The molecule has 3 aromatic rings. The van der Waals surface area contributed by atoms with Crippen LogP contribution in [0.5, 0.6) is 23.0 Å². The zero-order valence-electron chi connectivity index (χ0n) is 21.1. The molecule has 38 heavy (non-hydrogen) atoms. The predicted molar refractivity (Wildman–Crippen MR) is 148 cm³/mol. The number of carbonyl (C=O) groups is 2. The standard InChI is InChI=1S/C30H29NO6S/c1-36-26-16-20(8-11-22(26)32)9-12-24(34)29-25(35)18-28(21-10-13-23(33)27(17-21)37-2)38-30(29)31-15-14-19-6-4-3-5-7-19/h3-13,16-17,28,31-33H,14-15,18H2,1-2H3. The Kier molecular flexibility index (Phi) is 8.76. The molecule has 1 aliphatic heterocycles. The molecule has 7 nitrogen and oxygen atoms in total. The van der Waals surface area contributed by atoms with E-state index in [1.165, 1.54) is 38.1 Å². The number of carbonyl (C=O) groups excluding carboxylic acids is 2. The fourth-order valence-corrected chi connectivity index (χ4v) is 5.44. The maximum atomic E-state index is 13.3. The molecule has 3 N–H and O–H groups in total. The molecule has 196 valence electrons. The first-order chi connectivity index (χ1) is 18.4. The highest BCUT2D eigenvalue weighted by molar-refractivity contribution is 8.03. The van der Waals surface area contributed by atoms with E-state index in [9.17, 15) is 19.8 Å². The van der Waals surface area contributed by atoms with Gasteiger partial charge in [0.15, 0.2) is 34.6 Å². The minimum absolute atomic E-state index is 0.000603. The maximum Gasteiger partial charge on any atom is 0.192 e. The topological polar surface area (TPSA) is 105 Å². The maximum absolute atomic E-state index is 13.3. The van der Waals surface area contributed by atoms with Gasteiger partial charge in [-0.1, -0.05) is 60.3 Å². The average Bonchev–Trinajstić information content (AvgIpc) is 2.93. The quantitative estimate of drug-likeness (QED) is 0.243. The van der Waals surface area contributed by atoms with Crippen LogP contribution in [0.4, 0.5) is 0 Å². The molecular weight excluding hydrogens is 502 g/mol. The molecule has 1 heterocycles. The van der Waals surface area contributed by atoms with Gasteiger partial charge < -0.3 is 25.0 Å². The van der Waals surface area contributed by atoms with Crippen LogP contribution in [0.15, 0.2) is 83.4 Å². The van der Waals surface area contributed by atoms with Crippen LogP contribution < -0.4 is 14.8 Å². The van der Waals surface area contributed by atoms with Gasteiger partial charge in [-0.05, 0) is 53.5 Å². The molecule has 3 aromatic carbocycles. The van der Waals surface area contributed by atoms with E-state index in [0.29, 0.717) is 28.6 Å². The number of hydrogen-bond donors (Lipinski definition) is 3. The largest absolute Gasteiger partial charge is 0.504 e. The summed E-state index contributed by atoms with van der Waals surface area (Å²) in [7, 11) is 2.92. The van der Waals surface area contributed by atoms with Gasteiger partial charge in [0.05, 0.1) is 24.8 Å². The SMILES string of the molecule is COc1cc(C=CC(=O)C2=C(NCCc3ccccc3)SC(c3ccc(O)c(OC)c3)CC2=O)ccc1O. The first-order valence-corrected chi connectivity index (χ1v) is 13.0. The van der Waals surface area contributed by atoms with Crippen molar-refractivity contribution in [1.82, 2.24) is 5.32 Å². The zero-order chi connectivity index (χ0) is 27.1. The minimum Gasteiger partial charge on any atom is -0.504 e. The monoisotopic (exact) mass is 531 g/mol. The van der Waals surface area contributed by atoms with E-state index in [1.54, 1.807) is 36.4 Å². The number of methoxy groups -OCH3 is 2. The lowest BCUT2D eigenvalue weighted by Gasteiger charge is -2.26. The lowest BCUT2D eigenvalue weighted by Crippen LogP contribution is -2.27. The van der Waals surface area contributed by atoms with Crippen molar-refractivity contribution in [2.75, 3.05) is 20.8 Å². The van der Waals surface area contributed by atoms with Crippen LogP contribution >= 0.6 is 11.8 Å². The first-order valence-electron chi connectivity index (χ1n) is 12.1. The van der Waals surface area contributed by atoms with Crippen LogP contribution in [0.1, 0.15) is 28.4 Å². The highest BCUT2D eigenvalue weighted by atomic mass is 32.2. The van der Waals surface area contributed by atoms with Crippen molar-refractivity contribution in [3.63, 3.8) is 0 Å². The van der Waals surface area contributed by atoms with E-state index in [1.807, 2.05) is 30.3 Å². The fraction of sp³-hybridized carbons (Fsp3) is 0.200. The van der Waals surface area contributed by atoms with E-state index >= 15 is 0 Å². The number of aromatic hydroxyl groups is 2. The van der Waals surface area contributed by atoms with Crippen LogP contribution in [-0.2, 0) is 16.0 Å². The number of hydrogen-bond acceptors (Lipinski definition) is 8. The minimum atomic E-state index is -0.404. The molecule has 0 fully saturated rings. The molecule has 0 saturated heterocycles. The predicted octanol–water partition coefficient (Wildman–Crippen LogP) is 5.19. The number of thioether (sulfide) groups is 1. The second kappa shape index (κ2) is 12.4. The van der Waals surface area contributed by atoms with E-state index < -0.39 is 5.78 Å².